The summed E-state index contributed by atoms with van der Waals surface area (Å²) in [5.41, 5.74) is -2.84. The van der Waals surface area contributed by atoms with Crippen LogP contribution < -0.4 is 0 Å². The predicted octanol–water partition coefficient (Wildman–Crippen LogP) is 5.53. The zero-order valence-electron chi connectivity index (χ0n) is 21.2. The highest BCUT2D eigenvalue weighted by molar-refractivity contribution is 8.15. The predicted molar refractivity (Wildman–Crippen MR) is 134 cm³/mol. The Bertz CT molecular complexity index is 984. The Morgan fingerprint density at radius 2 is 2.00 bits per heavy atom. The van der Waals surface area contributed by atoms with Crippen molar-refractivity contribution >= 4 is 31.1 Å². The lowest BCUT2D eigenvalue weighted by molar-refractivity contribution is 0.0108. The minimum atomic E-state index is -1.78. The number of hydrogen-bond acceptors (Lipinski definition) is 6. The number of aliphatic imine (C=N–C) groups is 1. The molecular weight excluding hydrogens is 497 g/mol. The van der Waals surface area contributed by atoms with Crippen molar-refractivity contribution < 1.29 is 32.5 Å². The van der Waals surface area contributed by atoms with Crippen LogP contribution in [0.15, 0.2) is 23.2 Å². The normalized spacial score (nSPS) is 26.1. The Hall–Kier alpha value is -1.56. The number of rotatable bonds is 8. The van der Waals surface area contributed by atoms with Crippen LogP contribution in [-0.2, 0) is 15.0 Å². The van der Waals surface area contributed by atoms with E-state index in [1.165, 1.54) is 12.1 Å². The molecule has 0 radical (unpaired) electrons. The van der Waals surface area contributed by atoms with Gasteiger partial charge in [-0.05, 0) is 39.3 Å². The molecule has 1 N–H and O–H groups in total. The van der Waals surface area contributed by atoms with Gasteiger partial charge in [0.25, 0.3) is 0 Å². The Kier molecular flexibility index (Phi) is 8.06. The van der Waals surface area contributed by atoms with Crippen molar-refractivity contribution in [2.24, 2.45) is 10.9 Å². The standard InChI is InChI=1S/C24H35F3N2O4SSi/c1-22(2,3)33-21(31)29(15-32-10-11-35(4,5)6)20-28-24(13-25,18-12-23(18,14-30)34-20)16-8-7-9-17(26)19(16)27/h7-9,18,30H,10-15H2,1-6H3/t18-,23-,24-/m1/s1. The monoisotopic (exact) mass is 532 g/mol. The van der Waals surface area contributed by atoms with Crippen molar-refractivity contribution in [3.63, 3.8) is 0 Å². The van der Waals surface area contributed by atoms with Crippen molar-refractivity contribution in [3.8, 4) is 0 Å². The van der Waals surface area contributed by atoms with Gasteiger partial charge in [0, 0.05) is 26.2 Å². The average Bonchev–Trinajstić information content (AvgIpc) is 3.48. The van der Waals surface area contributed by atoms with E-state index in [9.17, 15) is 23.1 Å². The first-order valence-electron chi connectivity index (χ1n) is 11.7. The Morgan fingerprint density at radius 1 is 1.31 bits per heavy atom. The first-order valence-corrected chi connectivity index (χ1v) is 16.2. The molecule has 6 nitrogen and oxygen atoms in total. The smallest absolute Gasteiger partial charge is 0.418 e. The third-order valence-corrected chi connectivity index (χ3v) is 9.33. The molecule has 1 fully saturated rings. The summed E-state index contributed by atoms with van der Waals surface area (Å²) in [5.74, 6) is -2.86. The van der Waals surface area contributed by atoms with Gasteiger partial charge in [-0.1, -0.05) is 43.5 Å². The van der Waals surface area contributed by atoms with Crippen LogP contribution in [0.1, 0.15) is 32.8 Å². The number of alkyl halides is 1. The Labute approximate surface area is 210 Å². The number of carbonyl (C=O) groups excluding carboxylic acids is 1. The second kappa shape index (κ2) is 10.1. The fourth-order valence-electron chi connectivity index (χ4n) is 4.10. The van der Waals surface area contributed by atoms with Crippen molar-refractivity contribution in [2.45, 2.75) is 68.8 Å². The lowest BCUT2D eigenvalue weighted by Gasteiger charge is -2.38. The minimum absolute atomic E-state index is 0.0522. The summed E-state index contributed by atoms with van der Waals surface area (Å²) >= 11 is 1.13. The molecule has 1 aliphatic heterocycles. The van der Waals surface area contributed by atoms with Crippen LogP contribution in [-0.4, -0.2) is 66.3 Å². The quantitative estimate of drug-likeness (QED) is 0.271. The van der Waals surface area contributed by atoms with E-state index < -0.39 is 54.3 Å². The molecule has 1 heterocycles. The van der Waals surface area contributed by atoms with Crippen molar-refractivity contribution in [3.05, 3.63) is 35.4 Å². The molecule has 0 unspecified atom stereocenters. The molecule has 2 aliphatic rings. The number of amidine groups is 1. The summed E-state index contributed by atoms with van der Waals surface area (Å²) < 4.78 is 54.3. The van der Waals surface area contributed by atoms with Gasteiger partial charge in [0.1, 0.15) is 24.5 Å². The van der Waals surface area contributed by atoms with Gasteiger partial charge in [0.2, 0.25) is 0 Å². The van der Waals surface area contributed by atoms with Crippen molar-refractivity contribution in [1.29, 1.82) is 0 Å². The van der Waals surface area contributed by atoms with Crippen LogP contribution in [0.3, 0.4) is 0 Å². The Morgan fingerprint density at radius 3 is 2.57 bits per heavy atom. The van der Waals surface area contributed by atoms with Crippen LogP contribution >= 0.6 is 11.8 Å². The van der Waals surface area contributed by atoms with Crippen molar-refractivity contribution in [2.75, 3.05) is 26.6 Å². The number of halogens is 3. The number of aliphatic hydroxyl groups excluding tert-OH is 1. The minimum Gasteiger partial charge on any atom is -0.443 e. The third-order valence-electron chi connectivity index (χ3n) is 6.14. The number of fused-ring (bicyclic) bond motifs is 1. The van der Waals surface area contributed by atoms with E-state index in [1.807, 2.05) is 0 Å². The molecule has 1 amide bonds. The van der Waals surface area contributed by atoms with Gasteiger partial charge in [-0.15, -0.1) is 0 Å². The molecule has 0 saturated heterocycles. The number of hydrogen-bond donors (Lipinski definition) is 1. The van der Waals surface area contributed by atoms with E-state index in [0.29, 0.717) is 13.0 Å². The second-order valence-corrected chi connectivity index (χ2v) is 18.4. The number of ether oxygens (including phenoxy) is 2. The van der Waals surface area contributed by atoms with Crippen LogP contribution in [0.5, 0.6) is 0 Å². The topological polar surface area (TPSA) is 71.4 Å². The number of benzene rings is 1. The lowest BCUT2D eigenvalue weighted by atomic mass is 9.85. The largest absolute Gasteiger partial charge is 0.443 e. The highest BCUT2D eigenvalue weighted by Gasteiger charge is 2.69. The van der Waals surface area contributed by atoms with E-state index in [1.54, 1.807) is 20.8 Å². The maximum absolute atomic E-state index is 14.9. The summed E-state index contributed by atoms with van der Waals surface area (Å²) in [6, 6.07) is 4.42. The van der Waals surface area contributed by atoms with E-state index in [4.69, 9.17) is 9.47 Å². The van der Waals surface area contributed by atoms with Crippen LogP contribution in [0, 0.1) is 17.6 Å². The van der Waals surface area contributed by atoms with Crippen molar-refractivity contribution in [1.82, 2.24) is 4.90 Å². The van der Waals surface area contributed by atoms with Gasteiger partial charge in [0.05, 0.1) is 11.4 Å². The Balaban J connectivity index is 2.03. The number of amides is 1. The third kappa shape index (κ3) is 6.06. The van der Waals surface area contributed by atoms with Gasteiger partial charge in [-0.25, -0.2) is 27.9 Å². The molecular formula is C24H35F3N2O4SSi. The second-order valence-electron chi connectivity index (χ2n) is 11.4. The molecule has 196 valence electrons. The summed E-state index contributed by atoms with van der Waals surface area (Å²) in [4.78, 5) is 18.9. The molecule has 11 heteroatoms. The molecule has 1 aliphatic carbocycles. The zero-order chi connectivity index (χ0) is 26.2. The van der Waals surface area contributed by atoms with E-state index in [2.05, 4.69) is 24.6 Å². The lowest BCUT2D eigenvalue weighted by Crippen LogP contribution is -2.47. The first kappa shape index (κ1) is 28.0. The summed E-state index contributed by atoms with van der Waals surface area (Å²) in [5, 5.41) is 10.2. The van der Waals surface area contributed by atoms with Crippen LogP contribution in [0.2, 0.25) is 25.7 Å². The summed E-state index contributed by atoms with van der Waals surface area (Å²) in [7, 11) is -1.40. The maximum Gasteiger partial charge on any atom is 0.418 e. The molecule has 1 aromatic carbocycles. The van der Waals surface area contributed by atoms with Gasteiger partial charge >= 0.3 is 6.09 Å². The summed E-state index contributed by atoms with van der Waals surface area (Å²) in [6.07, 6.45) is -0.420. The fraction of sp³-hybridized carbons (Fsp3) is 0.667. The van der Waals surface area contributed by atoms with Crippen LogP contribution in [0.4, 0.5) is 18.0 Å². The number of thioether (sulfide) groups is 1. The first-order chi connectivity index (χ1) is 16.2. The molecule has 3 rings (SSSR count). The fourth-order valence-corrected chi connectivity index (χ4v) is 6.32. The molecule has 0 spiro atoms. The van der Waals surface area contributed by atoms with Gasteiger partial charge < -0.3 is 14.6 Å². The molecule has 0 aromatic heterocycles. The van der Waals surface area contributed by atoms with E-state index in [0.717, 1.165) is 28.8 Å². The molecule has 1 saturated carbocycles. The molecule has 3 atom stereocenters. The highest BCUT2D eigenvalue weighted by atomic mass is 32.2. The number of carbonyl (C=O) groups is 1. The van der Waals surface area contributed by atoms with Gasteiger partial charge in [-0.2, -0.15) is 0 Å². The molecule has 35 heavy (non-hydrogen) atoms. The highest BCUT2D eigenvalue weighted by Crippen LogP contribution is 2.66. The van der Waals surface area contributed by atoms with E-state index in [-0.39, 0.29) is 24.1 Å². The molecule has 1 aromatic rings. The van der Waals surface area contributed by atoms with E-state index >= 15 is 0 Å². The number of aliphatic hydroxyl groups is 1. The summed E-state index contributed by atoms with van der Waals surface area (Å²) in [6.45, 7) is 10.5. The average molecular weight is 533 g/mol. The maximum atomic E-state index is 14.9. The zero-order valence-corrected chi connectivity index (χ0v) is 23.0. The molecule has 0 bridgehead atoms. The number of nitrogens with zero attached hydrogens (tertiary/aromatic N) is 2. The van der Waals surface area contributed by atoms with Gasteiger partial charge in [-0.3, -0.25) is 0 Å². The van der Waals surface area contributed by atoms with Gasteiger partial charge in [0.15, 0.2) is 16.8 Å². The van der Waals surface area contributed by atoms with Crippen LogP contribution in [0.25, 0.3) is 0 Å². The SMILES string of the molecule is CC(C)(C)OC(=O)N(COCC[Si](C)(C)C)C1=N[C@](CF)(c2cccc(F)c2F)[C@@H]2C[C@]2(CO)S1.